The van der Waals surface area contributed by atoms with Crippen LogP contribution in [0.15, 0.2) is 53.8 Å². The summed E-state index contributed by atoms with van der Waals surface area (Å²) in [5.41, 5.74) is 2.22. The Kier molecular flexibility index (Phi) is 4.46. The van der Waals surface area contributed by atoms with Crippen molar-refractivity contribution in [1.29, 1.82) is 0 Å². The molecule has 0 bridgehead atoms. The summed E-state index contributed by atoms with van der Waals surface area (Å²) in [6, 6.07) is 9.15. The fraction of sp³-hybridized carbons (Fsp3) is 0.167. The smallest absolute Gasteiger partial charge is 0.261 e. The Bertz CT molecular complexity index is 937. The van der Waals surface area contributed by atoms with Gasteiger partial charge in [0.25, 0.3) is 5.56 Å². The lowest BCUT2D eigenvalue weighted by atomic mass is 10.1. The van der Waals surface area contributed by atoms with Crippen molar-refractivity contribution in [1.82, 2.24) is 14.5 Å². The lowest BCUT2D eigenvalue weighted by Crippen LogP contribution is -2.22. The van der Waals surface area contributed by atoms with Crippen LogP contribution in [0.4, 0.5) is 0 Å². The van der Waals surface area contributed by atoms with Crippen LogP contribution in [0, 0.1) is 11.8 Å². The monoisotopic (exact) mass is 305 g/mol. The summed E-state index contributed by atoms with van der Waals surface area (Å²) < 4.78 is 6.54. The molecule has 0 aliphatic heterocycles. The van der Waals surface area contributed by atoms with Gasteiger partial charge in [-0.05, 0) is 30.3 Å². The number of hydrogen-bond donors (Lipinski definition) is 0. The molecule has 0 radical (unpaired) electrons. The van der Waals surface area contributed by atoms with Gasteiger partial charge in [0.05, 0.1) is 30.4 Å². The van der Waals surface area contributed by atoms with Gasteiger partial charge in [0.15, 0.2) is 0 Å². The molecular weight excluding hydrogens is 290 g/mol. The van der Waals surface area contributed by atoms with Crippen molar-refractivity contribution in [2.24, 2.45) is 0 Å². The van der Waals surface area contributed by atoms with E-state index in [4.69, 9.17) is 4.74 Å². The maximum atomic E-state index is 12.3. The second kappa shape index (κ2) is 6.86. The van der Waals surface area contributed by atoms with Crippen molar-refractivity contribution >= 4 is 10.9 Å². The van der Waals surface area contributed by atoms with E-state index in [1.165, 1.54) is 0 Å². The van der Waals surface area contributed by atoms with Gasteiger partial charge in [-0.15, -0.1) is 0 Å². The topological polar surface area (TPSA) is 57.0 Å². The lowest BCUT2D eigenvalue weighted by Gasteiger charge is -2.05. The molecule has 23 heavy (non-hydrogen) atoms. The molecule has 3 rings (SSSR count). The van der Waals surface area contributed by atoms with Crippen LogP contribution in [-0.2, 0) is 11.3 Å². The number of nitrogens with zero attached hydrogens (tertiary/aromatic N) is 3. The minimum atomic E-state index is -0.0705. The minimum Gasteiger partial charge on any atom is -0.383 e. The van der Waals surface area contributed by atoms with E-state index >= 15 is 0 Å². The Balaban J connectivity index is 1.94. The molecule has 2 heterocycles. The molecule has 0 aliphatic rings. The van der Waals surface area contributed by atoms with Gasteiger partial charge in [0, 0.05) is 30.6 Å². The summed E-state index contributed by atoms with van der Waals surface area (Å²) in [5.74, 6) is 6.10. The number of pyridine rings is 1. The zero-order chi connectivity index (χ0) is 16.1. The number of ether oxygens (including phenoxy) is 1. The van der Waals surface area contributed by atoms with Crippen LogP contribution in [0.5, 0.6) is 0 Å². The standard InChI is InChI=1S/C18H15N3O2/c1-23-10-9-21-13-20-17-11-14(6-7-16(17)18(21)22)4-5-15-3-2-8-19-12-15/h2-3,6-8,11-13H,9-10H2,1H3. The van der Waals surface area contributed by atoms with Gasteiger partial charge in [-0.25, -0.2) is 4.98 Å². The summed E-state index contributed by atoms with van der Waals surface area (Å²) >= 11 is 0. The normalized spacial score (nSPS) is 10.3. The maximum Gasteiger partial charge on any atom is 0.261 e. The van der Waals surface area contributed by atoms with Crippen LogP contribution in [0.1, 0.15) is 11.1 Å². The second-order valence-corrected chi connectivity index (χ2v) is 4.96. The minimum absolute atomic E-state index is 0.0705. The molecule has 5 heteroatoms. The fourth-order valence-electron chi connectivity index (χ4n) is 2.17. The molecule has 0 aliphatic carbocycles. The third kappa shape index (κ3) is 3.44. The molecule has 0 fully saturated rings. The van der Waals surface area contributed by atoms with Crippen LogP contribution in [-0.4, -0.2) is 28.3 Å². The van der Waals surface area contributed by atoms with Crippen molar-refractivity contribution in [3.05, 3.63) is 70.5 Å². The number of benzene rings is 1. The van der Waals surface area contributed by atoms with E-state index in [0.717, 1.165) is 11.1 Å². The quantitative estimate of drug-likeness (QED) is 0.693. The Morgan fingerprint density at radius 2 is 2.09 bits per heavy atom. The predicted molar refractivity (Wildman–Crippen MR) is 88.1 cm³/mol. The lowest BCUT2D eigenvalue weighted by molar-refractivity contribution is 0.186. The Morgan fingerprint density at radius 1 is 1.22 bits per heavy atom. The van der Waals surface area contributed by atoms with Crippen molar-refractivity contribution in [3.63, 3.8) is 0 Å². The predicted octanol–water partition coefficient (Wildman–Crippen LogP) is 1.84. The molecular formula is C18H15N3O2. The summed E-state index contributed by atoms with van der Waals surface area (Å²) in [6.45, 7) is 0.961. The van der Waals surface area contributed by atoms with E-state index in [2.05, 4.69) is 21.8 Å². The molecule has 0 atom stereocenters. The van der Waals surface area contributed by atoms with Crippen LogP contribution in [0.25, 0.3) is 10.9 Å². The van der Waals surface area contributed by atoms with Gasteiger partial charge in [-0.1, -0.05) is 11.8 Å². The zero-order valence-electron chi connectivity index (χ0n) is 12.7. The first-order valence-corrected chi connectivity index (χ1v) is 7.18. The summed E-state index contributed by atoms with van der Waals surface area (Å²) in [4.78, 5) is 20.7. The summed E-state index contributed by atoms with van der Waals surface area (Å²) in [5, 5.41) is 0.579. The Labute approximate surface area is 133 Å². The highest BCUT2D eigenvalue weighted by atomic mass is 16.5. The third-order valence-electron chi connectivity index (χ3n) is 3.37. The summed E-state index contributed by atoms with van der Waals surface area (Å²) in [6.07, 6.45) is 4.96. The Hall–Kier alpha value is -2.97. The fourth-order valence-corrected chi connectivity index (χ4v) is 2.17. The van der Waals surface area contributed by atoms with Crippen molar-refractivity contribution in [2.45, 2.75) is 6.54 Å². The average Bonchev–Trinajstić information content (AvgIpc) is 2.60. The molecule has 114 valence electrons. The van der Waals surface area contributed by atoms with Crippen LogP contribution in [0.2, 0.25) is 0 Å². The van der Waals surface area contributed by atoms with Crippen molar-refractivity contribution in [3.8, 4) is 11.8 Å². The highest BCUT2D eigenvalue weighted by Crippen LogP contribution is 2.09. The van der Waals surface area contributed by atoms with E-state index in [-0.39, 0.29) is 5.56 Å². The second-order valence-electron chi connectivity index (χ2n) is 4.96. The van der Waals surface area contributed by atoms with E-state index in [1.54, 1.807) is 36.5 Å². The van der Waals surface area contributed by atoms with Gasteiger partial charge >= 0.3 is 0 Å². The SMILES string of the molecule is COCCn1cnc2cc(C#Cc3cccnc3)ccc2c1=O. The first-order valence-electron chi connectivity index (χ1n) is 7.18. The number of fused-ring (bicyclic) bond motifs is 1. The van der Waals surface area contributed by atoms with E-state index in [0.29, 0.717) is 24.1 Å². The first-order chi connectivity index (χ1) is 11.3. The molecule has 1 aromatic carbocycles. The van der Waals surface area contributed by atoms with Crippen LogP contribution in [0.3, 0.4) is 0 Å². The molecule has 0 saturated heterocycles. The number of methoxy groups -OCH3 is 1. The molecule has 0 amide bonds. The van der Waals surface area contributed by atoms with Crippen LogP contribution < -0.4 is 5.56 Å². The van der Waals surface area contributed by atoms with Crippen molar-refractivity contribution < 1.29 is 4.74 Å². The average molecular weight is 305 g/mol. The van der Waals surface area contributed by atoms with Gasteiger partial charge in [-0.3, -0.25) is 14.3 Å². The first kappa shape index (κ1) is 14.9. The maximum absolute atomic E-state index is 12.3. The van der Waals surface area contributed by atoms with Crippen LogP contribution >= 0.6 is 0 Å². The Morgan fingerprint density at radius 3 is 2.87 bits per heavy atom. The molecule has 0 N–H and O–H groups in total. The number of aromatic nitrogens is 3. The largest absolute Gasteiger partial charge is 0.383 e. The molecule has 0 spiro atoms. The molecule has 0 saturated carbocycles. The molecule has 0 unspecified atom stereocenters. The zero-order valence-corrected chi connectivity index (χ0v) is 12.7. The van der Waals surface area contributed by atoms with E-state index in [9.17, 15) is 4.79 Å². The third-order valence-corrected chi connectivity index (χ3v) is 3.37. The van der Waals surface area contributed by atoms with Gasteiger partial charge < -0.3 is 4.74 Å². The molecule has 2 aromatic heterocycles. The van der Waals surface area contributed by atoms with Crippen molar-refractivity contribution in [2.75, 3.05) is 13.7 Å². The summed E-state index contributed by atoms with van der Waals surface area (Å²) in [7, 11) is 1.60. The highest BCUT2D eigenvalue weighted by Gasteiger charge is 2.04. The van der Waals surface area contributed by atoms with E-state index in [1.807, 2.05) is 24.3 Å². The van der Waals surface area contributed by atoms with E-state index < -0.39 is 0 Å². The van der Waals surface area contributed by atoms with Gasteiger partial charge in [0.1, 0.15) is 0 Å². The van der Waals surface area contributed by atoms with Gasteiger partial charge in [0.2, 0.25) is 0 Å². The highest BCUT2D eigenvalue weighted by molar-refractivity contribution is 5.79. The molecule has 3 aromatic rings. The van der Waals surface area contributed by atoms with Gasteiger partial charge in [-0.2, -0.15) is 0 Å². The number of rotatable bonds is 3. The molecule has 5 nitrogen and oxygen atoms in total. The number of hydrogen-bond acceptors (Lipinski definition) is 4.